The van der Waals surface area contributed by atoms with Gasteiger partial charge in [-0.05, 0) is 65.6 Å². The molecule has 100 valence electrons. The highest BCUT2D eigenvalue weighted by atomic mass is 15.2. The van der Waals surface area contributed by atoms with Crippen molar-refractivity contribution >= 4 is 0 Å². The summed E-state index contributed by atoms with van der Waals surface area (Å²) in [5.41, 5.74) is 6.07. The van der Waals surface area contributed by atoms with Crippen molar-refractivity contribution in [3.05, 3.63) is 0 Å². The van der Waals surface area contributed by atoms with Crippen LogP contribution in [0.15, 0.2) is 0 Å². The largest absolute Gasteiger partial charge is 0.328 e. The lowest BCUT2D eigenvalue weighted by atomic mass is 9.89. The Morgan fingerprint density at radius 2 is 2.00 bits per heavy atom. The van der Waals surface area contributed by atoms with Gasteiger partial charge in [0.2, 0.25) is 0 Å². The lowest BCUT2D eigenvalue weighted by molar-refractivity contribution is 0.0532. The van der Waals surface area contributed by atoms with Crippen LogP contribution in [0.1, 0.15) is 39.5 Å². The van der Waals surface area contributed by atoms with Crippen LogP contribution < -0.4 is 5.73 Å². The van der Waals surface area contributed by atoms with Crippen molar-refractivity contribution in [3.63, 3.8) is 0 Å². The standard InChI is InChI=1S/C14H29N3/c1-11-9-14(6-8-16(11)3)17-7-4-5-13(10-17)12(2)15/h11-14H,4-10,15H2,1-3H3. The Hall–Kier alpha value is -0.120. The molecule has 0 radical (unpaired) electrons. The Bertz CT molecular complexity index is 242. The Morgan fingerprint density at radius 3 is 2.65 bits per heavy atom. The van der Waals surface area contributed by atoms with E-state index in [1.807, 2.05) is 0 Å². The maximum atomic E-state index is 6.07. The van der Waals surface area contributed by atoms with Gasteiger partial charge in [-0.3, -0.25) is 4.90 Å². The highest BCUT2D eigenvalue weighted by Crippen LogP contribution is 2.26. The minimum atomic E-state index is 0.362. The van der Waals surface area contributed by atoms with Crippen molar-refractivity contribution in [1.29, 1.82) is 0 Å². The highest BCUT2D eigenvalue weighted by molar-refractivity contribution is 4.87. The van der Waals surface area contributed by atoms with Gasteiger partial charge in [-0.15, -0.1) is 0 Å². The average molecular weight is 239 g/mol. The van der Waals surface area contributed by atoms with E-state index in [9.17, 15) is 0 Å². The maximum absolute atomic E-state index is 6.07. The molecular weight excluding hydrogens is 210 g/mol. The molecule has 0 spiro atoms. The van der Waals surface area contributed by atoms with Gasteiger partial charge in [0, 0.05) is 24.7 Å². The molecule has 0 bridgehead atoms. The van der Waals surface area contributed by atoms with Gasteiger partial charge in [0.15, 0.2) is 0 Å². The van der Waals surface area contributed by atoms with Gasteiger partial charge in [0.25, 0.3) is 0 Å². The zero-order chi connectivity index (χ0) is 12.4. The zero-order valence-corrected chi connectivity index (χ0v) is 11.7. The molecular formula is C14H29N3. The van der Waals surface area contributed by atoms with Crippen molar-refractivity contribution in [2.45, 2.75) is 57.7 Å². The lowest BCUT2D eigenvalue weighted by Gasteiger charge is -2.44. The first-order valence-electron chi connectivity index (χ1n) is 7.27. The minimum Gasteiger partial charge on any atom is -0.328 e. The first-order chi connectivity index (χ1) is 8.08. The van der Waals surface area contributed by atoms with Crippen LogP contribution in [0.25, 0.3) is 0 Å². The minimum absolute atomic E-state index is 0.362. The van der Waals surface area contributed by atoms with Crippen LogP contribution in [-0.4, -0.2) is 54.6 Å². The Balaban J connectivity index is 1.89. The molecule has 0 amide bonds. The average Bonchev–Trinajstić information content (AvgIpc) is 2.33. The quantitative estimate of drug-likeness (QED) is 0.793. The van der Waals surface area contributed by atoms with Gasteiger partial charge in [0.05, 0.1) is 0 Å². The van der Waals surface area contributed by atoms with Gasteiger partial charge in [0.1, 0.15) is 0 Å². The van der Waals surface area contributed by atoms with E-state index in [2.05, 4.69) is 30.7 Å². The summed E-state index contributed by atoms with van der Waals surface area (Å²) in [7, 11) is 2.25. The van der Waals surface area contributed by atoms with Crippen LogP contribution in [-0.2, 0) is 0 Å². The number of nitrogens with two attached hydrogens (primary N) is 1. The molecule has 0 aromatic carbocycles. The number of rotatable bonds is 2. The second kappa shape index (κ2) is 5.68. The molecule has 3 heteroatoms. The SMILES string of the molecule is CC(N)C1CCCN(C2CCN(C)C(C)C2)C1. The smallest absolute Gasteiger partial charge is 0.0122 e. The van der Waals surface area contributed by atoms with E-state index in [-0.39, 0.29) is 0 Å². The van der Waals surface area contributed by atoms with E-state index in [0.29, 0.717) is 6.04 Å². The molecule has 4 atom stereocenters. The van der Waals surface area contributed by atoms with Crippen LogP contribution >= 0.6 is 0 Å². The summed E-state index contributed by atoms with van der Waals surface area (Å²) in [4.78, 5) is 5.21. The molecule has 2 fully saturated rings. The third kappa shape index (κ3) is 3.21. The molecule has 3 nitrogen and oxygen atoms in total. The Morgan fingerprint density at radius 1 is 1.24 bits per heavy atom. The van der Waals surface area contributed by atoms with Gasteiger partial charge >= 0.3 is 0 Å². The van der Waals surface area contributed by atoms with Gasteiger partial charge < -0.3 is 10.6 Å². The fraction of sp³-hybridized carbons (Fsp3) is 1.00. The fourth-order valence-corrected chi connectivity index (χ4v) is 3.40. The second-order valence-corrected chi connectivity index (χ2v) is 6.26. The van der Waals surface area contributed by atoms with Crippen LogP contribution in [0.4, 0.5) is 0 Å². The molecule has 2 heterocycles. The lowest BCUT2D eigenvalue weighted by Crippen LogP contribution is -2.52. The van der Waals surface area contributed by atoms with E-state index in [4.69, 9.17) is 5.73 Å². The topological polar surface area (TPSA) is 32.5 Å². The van der Waals surface area contributed by atoms with Gasteiger partial charge in [-0.1, -0.05) is 0 Å². The predicted molar refractivity (Wildman–Crippen MR) is 73.1 cm³/mol. The zero-order valence-electron chi connectivity index (χ0n) is 11.7. The molecule has 2 N–H and O–H groups in total. The van der Waals surface area contributed by atoms with Crippen LogP contribution in [0.3, 0.4) is 0 Å². The summed E-state index contributed by atoms with van der Waals surface area (Å²) in [6.45, 7) is 8.32. The monoisotopic (exact) mass is 239 g/mol. The van der Waals surface area contributed by atoms with Gasteiger partial charge in [-0.2, -0.15) is 0 Å². The predicted octanol–water partition coefficient (Wildman–Crippen LogP) is 1.53. The van der Waals surface area contributed by atoms with E-state index < -0.39 is 0 Å². The molecule has 2 aliphatic heterocycles. The molecule has 2 rings (SSSR count). The Kier molecular flexibility index (Phi) is 4.45. The first kappa shape index (κ1) is 13.3. The summed E-state index contributed by atoms with van der Waals surface area (Å²) in [5.74, 6) is 0.721. The highest BCUT2D eigenvalue weighted by Gasteiger charge is 2.31. The number of piperidine rings is 2. The van der Waals surface area contributed by atoms with Crippen molar-refractivity contribution in [1.82, 2.24) is 9.80 Å². The number of hydrogen-bond donors (Lipinski definition) is 1. The molecule has 0 aromatic rings. The maximum Gasteiger partial charge on any atom is 0.0122 e. The van der Waals surface area contributed by atoms with Gasteiger partial charge in [-0.25, -0.2) is 0 Å². The molecule has 17 heavy (non-hydrogen) atoms. The molecule has 2 aliphatic rings. The van der Waals surface area contributed by atoms with Crippen molar-refractivity contribution < 1.29 is 0 Å². The van der Waals surface area contributed by atoms with Crippen molar-refractivity contribution in [3.8, 4) is 0 Å². The summed E-state index contributed by atoms with van der Waals surface area (Å²) in [6, 6.07) is 1.91. The third-order valence-corrected chi connectivity index (χ3v) is 4.93. The number of nitrogens with zero attached hydrogens (tertiary/aromatic N) is 2. The first-order valence-corrected chi connectivity index (χ1v) is 7.27. The summed E-state index contributed by atoms with van der Waals surface area (Å²) in [5, 5.41) is 0. The summed E-state index contributed by atoms with van der Waals surface area (Å²) in [6.07, 6.45) is 5.35. The summed E-state index contributed by atoms with van der Waals surface area (Å²) >= 11 is 0. The summed E-state index contributed by atoms with van der Waals surface area (Å²) < 4.78 is 0. The second-order valence-electron chi connectivity index (χ2n) is 6.26. The van der Waals surface area contributed by atoms with E-state index >= 15 is 0 Å². The van der Waals surface area contributed by atoms with E-state index in [1.54, 1.807) is 0 Å². The van der Waals surface area contributed by atoms with Crippen molar-refractivity contribution in [2.24, 2.45) is 11.7 Å². The molecule has 2 saturated heterocycles. The van der Waals surface area contributed by atoms with Crippen LogP contribution in [0, 0.1) is 5.92 Å². The van der Waals surface area contributed by atoms with Crippen molar-refractivity contribution in [2.75, 3.05) is 26.7 Å². The number of likely N-dealkylation sites (tertiary alicyclic amines) is 2. The molecule has 0 saturated carbocycles. The van der Waals surface area contributed by atoms with E-state index in [1.165, 1.54) is 45.3 Å². The Labute approximate surface area is 106 Å². The third-order valence-electron chi connectivity index (χ3n) is 4.93. The van der Waals surface area contributed by atoms with Crippen LogP contribution in [0.5, 0.6) is 0 Å². The fourth-order valence-electron chi connectivity index (χ4n) is 3.40. The van der Waals surface area contributed by atoms with E-state index in [0.717, 1.165) is 18.0 Å². The normalized spacial score (nSPS) is 39.2. The molecule has 0 aromatic heterocycles. The molecule has 0 aliphatic carbocycles. The van der Waals surface area contributed by atoms with Crippen LogP contribution in [0.2, 0.25) is 0 Å². The molecule has 4 unspecified atom stereocenters. The number of hydrogen-bond acceptors (Lipinski definition) is 3.